The van der Waals surface area contributed by atoms with Crippen LogP contribution >= 0.6 is 0 Å². The molecule has 2 aromatic heterocycles. The number of nitrogens with zero attached hydrogens (tertiary/aromatic N) is 1. The summed E-state index contributed by atoms with van der Waals surface area (Å²) in [5.41, 5.74) is 0.683. The monoisotopic (exact) mass is 136 g/mol. The molecule has 0 unspecified atom stereocenters. The number of aromatic hydroxyl groups is 1. The van der Waals surface area contributed by atoms with Gasteiger partial charge >= 0.3 is 5.52 Å². The minimum absolute atomic E-state index is 0.167. The SMILES string of the molecule is Oc1co[n+]2ccccc12. The number of hydrogen-bond acceptors (Lipinski definition) is 2. The van der Waals surface area contributed by atoms with Crippen LogP contribution in [0.1, 0.15) is 0 Å². The van der Waals surface area contributed by atoms with Crippen molar-refractivity contribution >= 4 is 5.52 Å². The van der Waals surface area contributed by atoms with Gasteiger partial charge in [0.15, 0.2) is 0 Å². The molecule has 2 rings (SSSR count). The summed E-state index contributed by atoms with van der Waals surface area (Å²) in [6, 6.07) is 5.44. The van der Waals surface area contributed by atoms with Crippen molar-refractivity contribution in [1.82, 2.24) is 0 Å². The predicted molar refractivity (Wildman–Crippen MR) is 33.5 cm³/mol. The second-order valence-corrected chi connectivity index (χ2v) is 2.02. The molecule has 0 saturated heterocycles. The maximum atomic E-state index is 9.10. The molecule has 0 aliphatic carbocycles. The third kappa shape index (κ3) is 0.572. The molecular weight excluding hydrogens is 130 g/mol. The Hall–Kier alpha value is -1.51. The third-order valence-corrected chi connectivity index (χ3v) is 1.36. The first-order chi connectivity index (χ1) is 4.88. The van der Waals surface area contributed by atoms with Crippen molar-refractivity contribution in [1.29, 1.82) is 0 Å². The quantitative estimate of drug-likeness (QED) is 0.542. The van der Waals surface area contributed by atoms with Gasteiger partial charge in [0.25, 0.3) is 0 Å². The lowest BCUT2D eigenvalue weighted by Crippen LogP contribution is -2.15. The molecule has 0 radical (unpaired) electrons. The highest BCUT2D eigenvalue weighted by molar-refractivity contribution is 5.50. The molecule has 2 aromatic rings. The van der Waals surface area contributed by atoms with Gasteiger partial charge in [0.05, 0.1) is 0 Å². The molecule has 0 aliphatic rings. The van der Waals surface area contributed by atoms with Crippen molar-refractivity contribution in [3.8, 4) is 5.75 Å². The van der Waals surface area contributed by atoms with Crippen molar-refractivity contribution in [3.63, 3.8) is 0 Å². The molecule has 10 heavy (non-hydrogen) atoms. The Balaban J connectivity index is 2.93. The average Bonchev–Trinajstić information content (AvgIpc) is 2.34. The lowest BCUT2D eigenvalue weighted by molar-refractivity contribution is -0.716. The van der Waals surface area contributed by atoms with Crippen LogP contribution in [0.3, 0.4) is 0 Å². The molecule has 1 N–H and O–H groups in total. The van der Waals surface area contributed by atoms with E-state index in [1.54, 1.807) is 12.3 Å². The summed E-state index contributed by atoms with van der Waals surface area (Å²) in [6.45, 7) is 0. The van der Waals surface area contributed by atoms with Crippen LogP contribution in [0.4, 0.5) is 0 Å². The van der Waals surface area contributed by atoms with E-state index >= 15 is 0 Å². The normalized spacial score (nSPS) is 10.4. The van der Waals surface area contributed by atoms with Gasteiger partial charge < -0.3 is 5.11 Å². The summed E-state index contributed by atoms with van der Waals surface area (Å²) in [6.07, 6.45) is 3.03. The third-order valence-electron chi connectivity index (χ3n) is 1.36. The van der Waals surface area contributed by atoms with Crippen LogP contribution in [0.25, 0.3) is 5.52 Å². The highest BCUT2D eigenvalue weighted by Crippen LogP contribution is 2.12. The van der Waals surface area contributed by atoms with Gasteiger partial charge in [-0.25, -0.2) is 4.52 Å². The van der Waals surface area contributed by atoms with Gasteiger partial charge in [-0.1, -0.05) is 0 Å². The van der Waals surface area contributed by atoms with Crippen LogP contribution in [0.5, 0.6) is 5.75 Å². The lowest BCUT2D eigenvalue weighted by atomic mass is 10.4. The van der Waals surface area contributed by atoms with Gasteiger partial charge in [-0.2, -0.15) is 0 Å². The van der Waals surface area contributed by atoms with E-state index in [0.29, 0.717) is 5.52 Å². The van der Waals surface area contributed by atoms with E-state index in [1.165, 1.54) is 10.8 Å². The van der Waals surface area contributed by atoms with E-state index in [4.69, 9.17) is 9.63 Å². The number of pyridine rings is 1. The summed E-state index contributed by atoms with van der Waals surface area (Å²) < 4.78 is 6.41. The molecule has 0 fully saturated rings. The van der Waals surface area contributed by atoms with Crippen LogP contribution < -0.4 is 4.57 Å². The van der Waals surface area contributed by atoms with Crippen molar-refractivity contribution < 1.29 is 14.2 Å². The summed E-state index contributed by atoms with van der Waals surface area (Å²) >= 11 is 0. The van der Waals surface area contributed by atoms with Gasteiger partial charge in [0, 0.05) is 16.7 Å². The van der Waals surface area contributed by atoms with Gasteiger partial charge in [-0.15, -0.1) is 0 Å². The van der Waals surface area contributed by atoms with Crippen LogP contribution in [0.15, 0.2) is 35.2 Å². The predicted octanol–water partition coefficient (Wildman–Crippen LogP) is 0.724. The zero-order valence-electron chi connectivity index (χ0n) is 5.19. The zero-order chi connectivity index (χ0) is 6.97. The molecule has 0 atom stereocenters. The molecule has 2 heterocycles. The van der Waals surface area contributed by atoms with Gasteiger partial charge in [0.2, 0.25) is 18.2 Å². The summed E-state index contributed by atoms with van der Waals surface area (Å²) in [4.78, 5) is 0. The molecular formula is C7H6NO2+. The van der Waals surface area contributed by atoms with E-state index in [-0.39, 0.29) is 5.75 Å². The van der Waals surface area contributed by atoms with Gasteiger partial charge in [0.1, 0.15) is 0 Å². The average molecular weight is 136 g/mol. The van der Waals surface area contributed by atoms with E-state index in [2.05, 4.69) is 0 Å². The standard InChI is InChI=1S/C7H5NO2/c9-7-5-10-8-4-2-1-3-6(7)8/h1-5H/p+1. The fourth-order valence-corrected chi connectivity index (χ4v) is 0.886. The Bertz CT molecular complexity index is 353. The highest BCUT2D eigenvalue weighted by atomic mass is 16.5. The fourth-order valence-electron chi connectivity index (χ4n) is 0.886. The lowest BCUT2D eigenvalue weighted by Gasteiger charge is -1.75. The van der Waals surface area contributed by atoms with Gasteiger partial charge in [-0.3, -0.25) is 0 Å². The Morgan fingerprint density at radius 1 is 1.40 bits per heavy atom. The molecule has 0 aromatic carbocycles. The van der Waals surface area contributed by atoms with E-state index in [9.17, 15) is 0 Å². The second kappa shape index (κ2) is 1.73. The van der Waals surface area contributed by atoms with Crippen molar-refractivity contribution in [2.45, 2.75) is 0 Å². The van der Waals surface area contributed by atoms with Crippen LogP contribution in [-0.4, -0.2) is 5.11 Å². The first-order valence-electron chi connectivity index (χ1n) is 2.95. The number of hydrogen-bond donors (Lipinski definition) is 1. The topological polar surface area (TPSA) is 37.5 Å². The zero-order valence-corrected chi connectivity index (χ0v) is 5.19. The smallest absolute Gasteiger partial charge is 0.302 e. The molecule has 0 saturated carbocycles. The van der Waals surface area contributed by atoms with E-state index in [0.717, 1.165) is 0 Å². The molecule has 0 bridgehead atoms. The van der Waals surface area contributed by atoms with Crippen LogP contribution in [0, 0.1) is 0 Å². The molecule has 3 heteroatoms. The number of aromatic nitrogens is 1. The van der Waals surface area contributed by atoms with E-state index < -0.39 is 0 Å². The summed E-state index contributed by atoms with van der Waals surface area (Å²) in [7, 11) is 0. The summed E-state index contributed by atoms with van der Waals surface area (Å²) in [5.74, 6) is 0.167. The first-order valence-corrected chi connectivity index (χ1v) is 2.95. The Labute approximate surface area is 57.1 Å². The second-order valence-electron chi connectivity index (χ2n) is 2.02. The minimum Gasteiger partial charge on any atom is -0.500 e. The Morgan fingerprint density at radius 3 is 3.10 bits per heavy atom. The first kappa shape index (κ1) is 5.29. The molecule has 50 valence electrons. The fraction of sp³-hybridized carbons (Fsp3) is 0. The molecule has 3 nitrogen and oxygen atoms in total. The molecule has 0 aliphatic heterocycles. The molecule has 0 spiro atoms. The minimum atomic E-state index is 0.167. The van der Waals surface area contributed by atoms with Crippen LogP contribution in [0.2, 0.25) is 0 Å². The Kier molecular flexibility index (Phi) is 0.917. The van der Waals surface area contributed by atoms with Crippen molar-refractivity contribution in [2.24, 2.45) is 0 Å². The Morgan fingerprint density at radius 2 is 2.30 bits per heavy atom. The number of rotatable bonds is 0. The number of fused-ring (bicyclic) bond motifs is 1. The largest absolute Gasteiger partial charge is 0.500 e. The van der Waals surface area contributed by atoms with Crippen molar-refractivity contribution in [3.05, 3.63) is 30.7 Å². The highest BCUT2D eigenvalue weighted by Gasteiger charge is 2.09. The van der Waals surface area contributed by atoms with E-state index in [1.807, 2.05) is 12.1 Å². The maximum absolute atomic E-state index is 9.10. The van der Waals surface area contributed by atoms with Crippen molar-refractivity contribution in [2.75, 3.05) is 0 Å². The summed E-state index contributed by atoms with van der Waals surface area (Å²) in [5, 5.41) is 9.10. The maximum Gasteiger partial charge on any atom is 0.302 e. The van der Waals surface area contributed by atoms with Crippen LogP contribution in [-0.2, 0) is 0 Å². The van der Waals surface area contributed by atoms with Gasteiger partial charge in [-0.05, 0) is 6.07 Å². The molecule has 0 amide bonds.